The highest BCUT2D eigenvalue weighted by atomic mass is 15.3. The summed E-state index contributed by atoms with van der Waals surface area (Å²) < 4.78 is 0. The summed E-state index contributed by atoms with van der Waals surface area (Å²) in [6.07, 6.45) is 2.29. The lowest BCUT2D eigenvalue weighted by Gasteiger charge is -2.14. The maximum atomic E-state index is 5.48. The third-order valence-electron chi connectivity index (χ3n) is 2.64. The smallest absolute Gasteiger partial charge is 0.148 e. The molecule has 0 unspecified atom stereocenters. The maximum Gasteiger partial charge on any atom is 0.148 e. The highest BCUT2D eigenvalue weighted by Gasteiger charge is 2.11. The highest BCUT2D eigenvalue weighted by molar-refractivity contribution is 5.56. The topological polar surface area (TPSA) is 75.9 Å². The number of nitrogens with two attached hydrogens (primary N) is 1. The largest absolute Gasteiger partial charge is 0.370 e. The summed E-state index contributed by atoms with van der Waals surface area (Å²) in [7, 11) is 0. The molecule has 1 heterocycles. The second-order valence-electron chi connectivity index (χ2n) is 4.48. The van der Waals surface area contributed by atoms with Gasteiger partial charge < -0.3 is 10.7 Å². The van der Waals surface area contributed by atoms with E-state index in [0.29, 0.717) is 5.82 Å². The number of hydrazine groups is 1. The van der Waals surface area contributed by atoms with Gasteiger partial charge >= 0.3 is 0 Å². The van der Waals surface area contributed by atoms with Crippen molar-refractivity contribution in [2.24, 2.45) is 5.84 Å². The first-order chi connectivity index (χ1) is 8.10. The molecule has 1 aromatic rings. The van der Waals surface area contributed by atoms with Gasteiger partial charge in [0.25, 0.3) is 0 Å². The van der Waals surface area contributed by atoms with Crippen LogP contribution in [-0.4, -0.2) is 16.5 Å². The van der Waals surface area contributed by atoms with Crippen LogP contribution >= 0.6 is 0 Å². The zero-order valence-electron chi connectivity index (χ0n) is 11.2. The van der Waals surface area contributed by atoms with Crippen molar-refractivity contribution >= 4 is 11.6 Å². The lowest BCUT2D eigenvalue weighted by atomic mass is 10.2. The molecular weight excluding hydrogens is 214 g/mol. The minimum atomic E-state index is 0.287. The number of aromatic nitrogens is 2. The lowest BCUT2D eigenvalue weighted by Crippen LogP contribution is -2.15. The third kappa shape index (κ3) is 3.56. The van der Waals surface area contributed by atoms with E-state index in [1.165, 1.54) is 0 Å². The van der Waals surface area contributed by atoms with Crippen molar-refractivity contribution in [1.82, 2.24) is 9.97 Å². The number of nitrogens with one attached hydrogen (secondary N) is 2. The summed E-state index contributed by atoms with van der Waals surface area (Å²) in [5.41, 5.74) is 3.60. The molecule has 96 valence electrons. The van der Waals surface area contributed by atoms with Crippen LogP contribution in [0.3, 0.4) is 0 Å². The number of unbranched alkanes of at least 4 members (excludes halogenated alkanes) is 1. The Bertz CT molecular complexity index is 362. The predicted octanol–water partition coefficient (Wildman–Crippen LogP) is 2.41. The van der Waals surface area contributed by atoms with Crippen LogP contribution in [0.25, 0.3) is 0 Å². The second kappa shape index (κ2) is 6.39. The predicted molar refractivity (Wildman–Crippen MR) is 72.1 cm³/mol. The number of nitrogen functional groups attached to an aromatic ring is 1. The Kier molecular flexibility index (Phi) is 5.15. The Labute approximate surface area is 103 Å². The van der Waals surface area contributed by atoms with E-state index in [0.717, 1.165) is 36.6 Å². The molecule has 0 atom stereocenters. The van der Waals surface area contributed by atoms with E-state index in [9.17, 15) is 0 Å². The van der Waals surface area contributed by atoms with Crippen LogP contribution in [0.1, 0.15) is 50.9 Å². The minimum Gasteiger partial charge on any atom is -0.370 e. The Morgan fingerprint density at radius 1 is 1.24 bits per heavy atom. The number of nitrogens with zero attached hydrogens (tertiary/aromatic N) is 2. The zero-order chi connectivity index (χ0) is 12.8. The van der Waals surface area contributed by atoms with Gasteiger partial charge in [-0.15, -0.1) is 0 Å². The number of anilines is 2. The Balaban J connectivity index is 2.96. The number of hydrogen-bond acceptors (Lipinski definition) is 5. The summed E-state index contributed by atoms with van der Waals surface area (Å²) in [5.74, 6) is 8.15. The van der Waals surface area contributed by atoms with Crippen LogP contribution < -0.4 is 16.6 Å². The fourth-order valence-corrected chi connectivity index (χ4v) is 1.49. The Morgan fingerprint density at radius 2 is 1.88 bits per heavy atom. The zero-order valence-corrected chi connectivity index (χ0v) is 11.2. The first-order valence-corrected chi connectivity index (χ1v) is 6.19. The first-order valence-electron chi connectivity index (χ1n) is 6.19. The molecule has 0 fully saturated rings. The molecule has 0 aliphatic heterocycles. The van der Waals surface area contributed by atoms with Crippen LogP contribution in [-0.2, 0) is 0 Å². The molecule has 5 heteroatoms. The molecule has 0 aromatic carbocycles. The van der Waals surface area contributed by atoms with Gasteiger partial charge in [0.1, 0.15) is 17.5 Å². The summed E-state index contributed by atoms with van der Waals surface area (Å²) in [6.45, 7) is 9.20. The van der Waals surface area contributed by atoms with Crippen LogP contribution in [0.2, 0.25) is 0 Å². The van der Waals surface area contributed by atoms with Crippen molar-refractivity contribution in [2.75, 3.05) is 17.3 Å². The van der Waals surface area contributed by atoms with Gasteiger partial charge in [-0.2, -0.15) is 0 Å². The van der Waals surface area contributed by atoms with Crippen molar-refractivity contribution in [3.63, 3.8) is 0 Å². The van der Waals surface area contributed by atoms with Crippen molar-refractivity contribution in [1.29, 1.82) is 0 Å². The van der Waals surface area contributed by atoms with Crippen LogP contribution in [0.5, 0.6) is 0 Å². The van der Waals surface area contributed by atoms with E-state index in [4.69, 9.17) is 5.84 Å². The van der Waals surface area contributed by atoms with Crippen molar-refractivity contribution < 1.29 is 0 Å². The van der Waals surface area contributed by atoms with Gasteiger partial charge in [-0.05, 0) is 13.3 Å². The van der Waals surface area contributed by atoms with E-state index < -0.39 is 0 Å². The van der Waals surface area contributed by atoms with Crippen LogP contribution in [0.15, 0.2) is 0 Å². The normalized spacial score (nSPS) is 10.7. The Hall–Kier alpha value is -1.36. The van der Waals surface area contributed by atoms with Gasteiger partial charge in [-0.3, -0.25) is 0 Å². The molecule has 1 aromatic heterocycles. The molecule has 0 amide bonds. The van der Waals surface area contributed by atoms with Gasteiger partial charge in [0.15, 0.2) is 0 Å². The molecule has 0 aliphatic carbocycles. The fraction of sp³-hybridized carbons (Fsp3) is 0.667. The Morgan fingerprint density at radius 3 is 2.41 bits per heavy atom. The molecule has 4 N–H and O–H groups in total. The first kappa shape index (κ1) is 13.7. The molecule has 0 saturated heterocycles. The third-order valence-corrected chi connectivity index (χ3v) is 2.64. The minimum absolute atomic E-state index is 0.287. The SMILES string of the molecule is CCCCNc1nc(C(C)C)nc(NN)c1C. The average Bonchev–Trinajstić information content (AvgIpc) is 2.31. The molecular formula is C12H23N5. The van der Waals surface area contributed by atoms with Crippen molar-refractivity contribution in [2.45, 2.75) is 46.5 Å². The number of rotatable bonds is 6. The molecule has 0 saturated carbocycles. The van der Waals surface area contributed by atoms with Gasteiger partial charge in [0.05, 0.1) is 0 Å². The maximum absolute atomic E-state index is 5.48. The van der Waals surface area contributed by atoms with Crippen molar-refractivity contribution in [3.8, 4) is 0 Å². The van der Waals surface area contributed by atoms with Gasteiger partial charge in [-0.25, -0.2) is 15.8 Å². The summed E-state index contributed by atoms with van der Waals surface area (Å²) >= 11 is 0. The summed E-state index contributed by atoms with van der Waals surface area (Å²) in [4.78, 5) is 8.93. The standard InChI is InChI=1S/C12H23N5/c1-5-6-7-14-11-9(4)12(17-13)16-10(15-11)8(2)3/h8H,5-7,13H2,1-4H3,(H2,14,15,16,17). The summed E-state index contributed by atoms with van der Waals surface area (Å²) in [6, 6.07) is 0. The molecule has 0 aliphatic rings. The van der Waals surface area contributed by atoms with E-state index in [-0.39, 0.29) is 5.92 Å². The molecule has 0 spiro atoms. The van der Waals surface area contributed by atoms with E-state index in [1.807, 2.05) is 6.92 Å². The van der Waals surface area contributed by atoms with E-state index in [1.54, 1.807) is 0 Å². The quantitative estimate of drug-likeness (QED) is 0.402. The fourth-order valence-electron chi connectivity index (χ4n) is 1.49. The van der Waals surface area contributed by atoms with Crippen molar-refractivity contribution in [3.05, 3.63) is 11.4 Å². The van der Waals surface area contributed by atoms with E-state index in [2.05, 4.69) is 41.5 Å². The van der Waals surface area contributed by atoms with Crippen LogP contribution in [0.4, 0.5) is 11.6 Å². The number of hydrogen-bond donors (Lipinski definition) is 3. The monoisotopic (exact) mass is 237 g/mol. The van der Waals surface area contributed by atoms with Gasteiger partial charge in [0, 0.05) is 18.0 Å². The van der Waals surface area contributed by atoms with E-state index >= 15 is 0 Å². The summed E-state index contributed by atoms with van der Waals surface area (Å²) in [5, 5.41) is 3.34. The van der Waals surface area contributed by atoms with Crippen LogP contribution in [0, 0.1) is 6.92 Å². The second-order valence-corrected chi connectivity index (χ2v) is 4.48. The molecule has 1 rings (SSSR count). The molecule has 0 radical (unpaired) electrons. The molecule has 5 nitrogen and oxygen atoms in total. The molecule has 0 bridgehead atoms. The van der Waals surface area contributed by atoms with Gasteiger partial charge in [0.2, 0.25) is 0 Å². The lowest BCUT2D eigenvalue weighted by molar-refractivity contribution is 0.768. The average molecular weight is 237 g/mol. The molecule has 17 heavy (non-hydrogen) atoms. The highest BCUT2D eigenvalue weighted by Crippen LogP contribution is 2.22. The van der Waals surface area contributed by atoms with Gasteiger partial charge in [-0.1, -0.05) is 27.2 Å².